The minimum atomic E-state index is -0.451. The lowest BCUT2D eigenvalue weighted by molar-refractivity contribution is -0.123. The number of carbonyl (C=O) groups excluding carboxylic acids is 1. The molecule has 1 heterocycles. The highest BCUT2D eigenvalue weighted by Crippen LogP contribution is 2.20. The summed E-state index contributed by atoms with van der Waals surface area (Å²) >= 11 is 0. The van der Waals surface area contributed by atoms with E-state index < -0.39 is 5.82 Å². The van der Waals surface area contributed by atoms with Gasteiger partial charge in [0.15, 0.2) is 6.61 Å². The number of aromatic nitrogens is 2. The van der Waals surface area contributed by atoms with Crippen molar-refractivity contribution in [1.82, 2.24) is 15.5 Å². The zero-order valence-electron chi connectivity index (χ0n) is 13.5. The van der Waals surface area contributed by atoms with E-state index in [0.29, 0.717) is 5.75 Å². The van der Waals surface area contributed by atoms with Crippen LogP contribution < -0.4 is 10.1 Å². The lowest BCUT2D eigenvalue weighted by Crippen LogP contribution is -2.28. The second-order valence-electron chi connectivity index (χ2n) is 5.36. The first-order valence-electron chi connectivity index (χ1n) is 7.65. The van der Waals surface area contributed by atoms with E-state index in [4.69, 9.17) is 9.15 Å². The number of hydrogen-bond acceptors (Lipinski definition) is 5. The zero-order valence-corrected chi connectivity index (χ0v) is 13.5. The van der Waals surface area contributed by atoms with Gasteiger partial charge in [-0.05, 0) is 31.2 Å². The van der Waals surface area contributed by atoms with Crippen molar-refractivity contribution in [2.45, 2.75) is 13.5 Å². The van der Waals surface area contributed by atoms with Crippen molar-refractivity contribution in [3.05, 3.63) is 65.8 Å². The smallest absolute Gasteiger partial charge is 0.258 e. The third-order valence-corrected chi connectivity index (χ3v) is 3.40. The van der Waals surface area contributed by atoms with Crippen LogP contribution in [0.2, 0.25) is 0 Å². The fourth-order valence-corrected chi connectivity index (χ4v) is 2.08. The number of halogens is 1. The van der Waals surface area contributed by atoms with Crippen molar-refractivity contribution < 1.29 is 18.3 Å². The van der Waals surface area contributed by atoms with Gasteiger partial charge in [0.1, 0.15) is 11.6 Å². The van der Waals surface area contributed by atoms with E-state index in [1.54, 1.807) is 30.3 Å². The number of nitrogens with zero attached hydrogens (tertiary/aromatic N) is 2. The monoisotopic (exact) mass is 341 g/mol. The molecule has 0 unspecified atom stereocenters. The second-order valence-corrected chi connectivity index (χ2v) is 5.36. The first-order chi connectivity index (χ1) is 12.1. The van der Waals surface area contributed by atoms with E-state index in [9.17, 15) is 9.18 Å². The molecule has 0 bridgehead atoms. The van der Waals surface area contributed by atoms with Crippen LogP contribution in [-0.2, 0) is 11.3 Å². The maximum Gasteiger partial charge on any atom is 0.258 e. The lowest BCUT2D eigenvalue weighted by atomic mass is 10.2. The topological polar surface area (TPSA) is 77.2 Å². The number of amides is 1. The van der Waals surface area contributed by atoms with Crippen molar-refractivity contribution in [2.75, 3.05) is 6.61 Å². The molecule has 3 aromatic rings. The first-order valence-corrected chi connectivity index (χ1v) is 7.65. The van der Waals surface area contributed by atoms with Gasteiger partial charge in [0.25, 0.3) is 11.8 Å². The average Bonchev–Trinajstić information content (AvgIpc) is 3.08. The van der Waals surface area contributed by atoms with Crippen molar-refractivity contribution in [3.8, 4) is 17.2 Å². The van der Waals surface area contributed by atoms with Crippen LogP contribution in [0.15, 0.2) is 52.9 Å². The van der Waals surface area contributed by atoms with E-state index in [1.807, 2.05) is 19.1 Å². The summed E-state index contributed by atoms with van der Waals surface area (Å²) in [5.74, 6) is 0.0834. The molecule has 0 aliphatic carbocycles. The maximum absolute atomic E-state index is 13.7. The van der Waals surface area contributed by atoms with E-state index in [0.717, 1.165) is 5.56 Å². The molecular formula is C18H16FN3O3. The Balaban J connectivity index is 1.51. The SMILES string of the molecule is Cc1ccc(OCC(=O)NCc2nnc(-c3ccccc3F)o2)cc1. The average molecular weight is 341 g/mol. The molecule has 0 fully saturated rings. The molecule has 1 N–H and O–H groups in total. The van der Waals surface area contributed by atoms with Crippen molar-refractivity contribution in [1.29, 1.82) is 0 Å². The Morgan fingerprint density at radius 3 is 2.68 bits per heavy atom. The van der Waals surface area contributed by atoms with Gasteiger partial charge in [-0.1, -0.05) is 29.8 Å². The van der Waals surface area contributed by atoms with Crippen LogP contribution in [0.25, 0.3) is 11.5 Å². The third kappa shape index (κ3) is 4.41. The first kappa shape index (κ1) is 16.6. The number of aryl methyl sites for hydroxylation is 1. The summed E-state index contributed by atoms with van der Waals surface area (Å²) in [5, 5.41) is 10.2. The van der Waals surface area contributed by atoms with E-state index >= 15 is 0 Å². The Labute approximate surface area is 143 Å². The minimum absolute atomic E-state index is 0.0392. The lowest BCUT2D eigenvalue weighted by Gasteiger charge is -2.06. The maximum atomic E-state index is 13.7. The molecule has 7 heteroatoms. The van der Waals surface area contributed by atoms with Crippen molar-refractivity contribution in [2.24, 2.45) is 0 Å². The van der Waals surface area contributed by atoms with Gasteiger partial charge in [0, 0.05) is 0 Å². The van der Waals surface area contributed by atoms with Gasteiger partial charge in [0.2, 0.25) is 5.89 Å². The van der Waals surface area contributed by atoms with Crippen LogP contribution >= 0.6 is 0 Å². The van der Waals surface area contributed by atoms with Crippen LogP contribution in [0.5, 0.6) is 5.75 Å². The zero-order chi connectivity index (χ0) is 17.6. The molecule has 0 radical (unpaired) electrons. The molecule has 0 saturated heterocycles. The van der Waals surface area contributed by atoms with Crippen molar-refractivity contribution in [3.63, 3.8) is 0 Å². The van der Waals surface area contributed by atoms with Gasteiger partial charge < -0.3 is 14.5 Å². The van der Waals surface area contributed by atoms with Gasteiger partial charge in [-0.15, -0.1) is 10.2 Å². The fourth-order valence-electron chi connectivity index (χ4n) is 2.08. The Morgan fingerprint density at radius 1 is 1.16 bits per heavy atom. The summed E-state index contributed by atoms with van der Waals surface area (Å²) in [7, 11) is 0. The predicted octanol–water partition coefficient (Wildman–Crippen LogP) is 2.88. The van der Waals surface area contributed by atoms with Crippen LogP contribution in [0.4, 0.5) is 4.39 Å². The number of carbonyl (C=O) groups is 1. The summed E-state index contributed by atoms with van der Waals surface area (Å²) in [6, 6.07) is 13.5. The highest BCUT2D eigenvalue weighted by Gasteiger charge is 2.13. The summed E-state index contributed by atoms with van der Waals surface area (Å²) in [6.45, 7) is 1.88. The number of ether oxygens (including phenoxy) is 1. The predicted molar refractivity (Wildman–Crippen MR) is 88.2 cm³/mol. The van der Waals surface area contributed by atoms with Gasteiger partial charge in [-0.2, -0.15) is 0 Å². The molecule has 1 amide bonds. The number of rotatable bonds is 6. The number of nitrogens with one attached hydrogen (secondary N) is 1. The standard InChI is InChI=1S/C18H16FN3O3/c1-12-6-8-13(9-7-12)24-11-16(23)20-10-17-21-22-18(25-17)14-4-2-3-5-15(14)19/h2-9H,10-11H2,1H3,(H,20,23). The Bertz CT molecular complexity index is 862. The van der Waals surface area contributed by atoms with Gasteiger partial charge in [-0.3, -0.25) is 4.79 Å². The molecule has 0 spiro atoms. The van der Waals surface area contributed by atoms with Crippen LogP contribution in [-0.4, -0.2) is 22.7 Å². The molecule has 2 aromatic carbocycles. The van der Waals surface area contributed by atoms with E-state index in [1.165, 1.54) is 6.07 Å². The summed E-state index contributed by atoms with van der Waals surface area (Å²) in [5.41, 5.74) is 1.33. The highest BCUT2D eigenvalue weighted by molar-refractivity contribution is 5.77. The third-order valence-electron chi connectivity index (χ3n) is 3.40. The second kappa shape index (κ2) is 7.57. The molecule has 0 aliphatic heterocycles. The quantitative estimate of drug-likeness (QED) is 0.746. The summed E-state index contributed by atoms with van der Waals surface area (Å²) in [4.78, 5) is 11.8. The molecule has 6 nitrogen and oxygen atoms in total. The van der Waals surface area contributed by atoms with Crippen LogP contribution in [0.1, 0.15) is 11.5 Å². The van der Waals surface area contributed by atoms with Gasteiger partial charge >= 0.3 is 0 Å². The fraction of sp³-hybridized carbons (Fsp3) is 0.167. The molecule has 3 rings (SSSR count). The molecule has 25 heavy (non-hydrogen) atoms. The number of hydrogen-bond donors (Lipinski definition) is 1. The molecular weight excluding hydrogens is 325 g/mol. The summed E-state index contributed by atoms with van der Waals surface area (Å²) < 4.78 is 24.4. The van der Waals surface area contributed by atoms with Crippen LogP contribution in [0.3, 0.4) is 0 Å². The van der Waals surface area contributed by atoms with Crippen molar-refractivity contribution >= 4 is 5.91 Å². The molecule has 1 aromatic heterocycles. The molecule has 128 valence electrons. The molecule has 0 saturated carbocycles. The van der Waals surface area contributed by atoms with Crippen LogP contribution in [0, 0.1) is 12.7 Å². The Morgan fingerprint density at radius 2 is 1.92 bits per heavy atom. The van der Waals surface area contributed by atoms with Gasteiger partial charge in [0.05, 0.1) is 12.1 Å². The Kier molecular flexibility index (Phi) is 5.03. The van der Waals surface area contributed by atoms with E-state index in [2.05, 4.69) is 15.5 Å². The normalized spacial score (nSPS) is 10.5. The van der Waals surface area contributed by atoms with E-state index in [-0.39, 0.29) is 36.4 Å². The summed E-state index contributed by atoms with van der Waals surface area (Å²) in [6.07, 6.45) is 0. The molecule has 0 atom stereocenters. The number of benzene rings is 2. The minimum Gasteiger partial charge on any atom is -0.484 e. The Hall–Kier alpha value is -3.22. The van der Waals surface area contributed by atoms with Gasteiger partial charge in [-0.25, -0.2) is 4.39 Å². The molecule has 0 aliphatic rings. The largest absolute Gasteiger partial charge is 0.484 e. The highest BCUT2D eigenvalue weighted by atomic mass is 19.1.